The quantitative estimate of drug-likeness (QED) is 0.536. The number of thiophene rings is 2. The fourth-order valence-electron chi connectivity index (χ4n) is 2.50. The van der Waals surface area contributed by atoms with Gasteiger partial charge in [0.2, 0.25) is 0 Å². The number of aliphatic hydroxyl groups is 1. The van der Waals surface area contributed by atoms with Crippen molar-refractivity contribution in [1.82, 2.24) is 10.6 Å². The number of hydrogen-bond donors (Lipinski definition) is 3. The van der Waals surface area contributed by atoms with E-state index in [9.17, 15) is 14.7 Å². The Labute approximate surface area is 169 Å². The third-order valence-corrected chi connectivity index (χ3v) is 5.96. The highest BCUT2D eigenvalue weighted by Crippen LogP contribution is 2.33. The number of halogens is 1. The predicted molar refractivity (Wildman–Crippen MR) is 108 cm³/mol. The zero-order valence-electron chi connectivity index (χ0n) is 14.1. The van der Waals surface area contributed by atoms with Crippen LogP contribution < -0.4 is 10.6 Å². The molecule has 27 heavy (non-hydrogen) atoms. The first kappa shape index (κ1) is 19.6. The molecule has 0 saturated heterocycles. The first-order valence-electron chi connectivity index (χ1n) is 8.08. The topological polar surface area (TPSA) is 78.4 Å². The van der Waals surface area contributed by atoms with Crippen LogP contribution in [0.15, 0.2) is 58.6 Å². The van der Waals surface area contributed by atoms with Crippen molar-refractivity contribution in [3.63, 3.8) is 0 Å². The van der Waals surface area contributed by atoms with E-state index in [4.69, 9.17) is 11.6 Å². The second-order valence-electron chi connectivity index (χ2n) is 5.84. The van der Waals surface area contributed by atoms with E-state index in [2.05, 4.69) is 10.6 Å². The molecule has 0 saturated carbocycles. The predicted octanol–water partition coefficient (Wildman–Crippen LogP) is 3.13. The summed E-state index contributed by atoms with van der Waals surface area (Å²) in [5.41, 5.74) is 0.131. The minimum Gasteiger partial charge on any atom is -0.378 e. The van der Waals surface area contributed by atoms with Crippen LogP contribution in [0.4, 0.5) is 0 Å². The average Bonchev–Trinajstić information content (AvgIpc) is 3.39. The van der Waals surface area contributed by atoms with Crippen LogP contribution in [0.5, 0.6) is 0 Å². The molecule has 1 unspecified atom stereocenters. The van der Waals surface area contributed by atoms with Crippen molar-refractivity contribution in [3.8, 4) is 0 Å². The fourth-order valence-corrected chi connectivity index (χ4v) is 4.19. The summed E-state index contributed by atoms with van der Waals surface area (Å²) in [5.74, 6) is -1.56. The molecule has 2 amide bonds. The second kappa shape index (κ2) is 8.67. The Morgan fingerprint density at radius 3 is 2.41 bits per heavy atom. The fraction of sp³-hybridized carbons (Fsp3) is 0.158. The summed E-state index contributed by atoms with van der Waals surface area (Å²) in [6.07, 6.45) is 0. The zero-order chi connectivity index (χ0) is 19.3. The van der Waals surface area contributed by atoms with E-state index in [0.717, 1.165) is 5.56 Å². The van der Waals surface area contributed by atoms with Gasteiger partial charge < -0.3 is 15.7 Å². The Bertz CT molecular complexity index is 859. The molecule has 0 aliphatic heterocycles. The molecule has 2 aromatic heterocycles. The molecule has 3 aromatic rings. The van der Waals surface area contributed by atoms with Crippen LogP contribution >= 0.6 is 34.3 Å². The van der Waals surface area contributed by atoms with E-state index in [1.165, 1.54) is 22.7 Å². The first-order valence-corrected chi connectivity index (χ1v) is 10.3. The lowest BCUT2D eigenvalue weighted by Crippen LogP contribution is -2.46. The number of benzene rings is 1. The summed E-state index contributed by atoms with van der Waals surface area (Å²) in [5, 5.41) is 22.4. The molecule has 0 aliphatic rings. The molecule has 3 rings (SSSR count). The van der Waals surface area contributed by atoms with Crippen LogP contribution in [0.1, 0.15) is 16.0 Å². The highest BCUT2D eigenvalue weighted by molar-refractivity contribution is 7.10. The molecule has 5 nitrogen and oxygen atoms in total. The molecule has 3 N–H and O–H groups in total. The number of carbonyl (C=O) groups is 2. The van der Waals surface area contributed by atoms with Gasteiger partial charge in [-0.1, -0.05) is 29.8 Å². The van der Waals surface area contributed by atoms with E-state index in [1.54, 1.807) is 36.4 Å². The van der Waals surface area contributed by atoms with Crippen molar-refractivity contribution in [2.24, 2.45) is 0 Å². The van der Waals surface area contributed by atoms with Gasteiger partial charge in [0, 0.05) is 22.0 Å². The smallest absolute Gasteiger partial charge is 0.309 e. The Kier molecular flexibility index (Phi) is 6.28. The lowest BCUT2D eigenvalue weighted by molar-refractivity contribution is -0.139. The molecule has 0 radical (unpaired) electrons. The number of hydrogen-bond acceptors (Lipinski definition) is 5. The normalized spacial score (nSPS) is 13.0. The molecular formula is C19H17ClN2O3S2. The summed E-state index contributed by atoms with van der Waals surface area (Å²) in [6.45, 7) is 0.112. The van der Waals surface area contributed by atoms with Gasteiger partial charge in [-0.25, -0.2) is 0 Å². The molecular weight excluding hydrogens is 404 g/mol. The molecule has 1 atom stereocenters. The number of amides is 2. The van der Waals surface area contributed by atoms with Crippen LogP contribution in [0.25, 0.3) is 0 Å². The SMILES string of the molecule is O=C(NCc1ccc(Cl)cc1)C(=O)NCC(O)(c1ccsc1)c1cccs1. The Hall–Kier alpha value is -2.19. The minimum atomic E-state index is -1.37. The largest absolute Gasteiger partial charge is 0.378 e. The van der Waals surface area contributed by atoms with E-state index in [0.29, 0.717) is 15.5 Å². The first-order chi connectivity index (χ1) is 13.0. The average molecular weight is 421 g/mol. The molecule has 8 heteroatoms. The molecule has 1 aromatic carbocycles. The van der Waals surface area contributed by atoms with Crippen molar-refractivity contribution >= 4 is 46.1 Å². The van der Waals surface area contributed by atoms with E-state index >= 15 is 0 Å². The summed E-state index contributed by atoms with van der Waals surface area (Å²) in [6, 6.07) is 12.4. The number of carbonyl (C=O) groups excluding carboxylic acids is 2. The molecule has 0 bridgehead atoms. The van der Waals surface area contributed by atoms with E-state index in [1.807, 2.05) is 22.2 Å². The Morgan fingerprint density at radius 2 is 1.78 bits per heavy atom. The van der Waals surface area contributed by atoms with Crippen molar-refractivity contribution < 1.29 is 14.7 Å². The van der Waals surface area contributed by atoms with Crippen LogP contribution in [0.3, 0.4) is 0 Å². The van der Waals surface area contributed by atoms with Crippen LogP contribution in [0.2, 0.25) is 5.02 Å². The lowest BCUT2D eigenvalue weighted by atomic mass is 9.94. The van der Waals surface area contributed by atoms with Crippen molar-refractivity contribution in [1.29, 1.82) is 0 Å². The van der Waals surface area contributed by atoms with Crippen LogP contribution in [-0.2, 0) is 21.7 Å². The maximum atomic E-state index is 12.2. The van der Waals surface area contributed by atoms with Crippen molar-refractivity contribution in [2.75, 3.05) is 6.54 Å². The Balaban J connectivity index is 1.61. The maximum Gasteiger partial charge on any atom is 0.309 e. The van der Waals surface area contributed by atoms with Gasteiger partial charge in [-0.15, -0.1) is 11.3 Å². The molecule has 2 heterocycles. The summed E-state index contributed by atoms with van der Waals surface area (Å²) >= 11 is 8.66. The van der Waals surface area contributed by atoms with Gasteiger partial charge in [-0.05, 0) is 46.0 Å². The zero-order valence-corrected chi connectivity index (χ0v) is 16.5. The lowest BCUT2D eigenvalue weighted by Gasteiger charge is -2.26. The summed E-state index contributed by atoms with van der Waals surface area (Å²) in [7, 11) is 0. The van der Waals surface area contributed by atoms with E-state index < -0.39 is 17.4 Å². The maximum absolute atomic E-state index is 12.2. The number of rotatable bonds is 6. The molecule has 140 valence electrons. The van der Waals surface area contributed by atoms with E-state index in [-0.39, 0.29) is 13.1 Å². The minimum absolute atomic E-state index is 0.0998. The van der Waals surface area contributed by atoms with Gasteiger partial charge in [-0.3, -0.25) is 9.59 Å². The summed E-state index contributed by atoms with van der Waals surface area (Å²) in [4.78, 5) is 24.9. The van der Waals surface area contributed by atoms with Crippen LogP contribution in [-0.4, -0.2) is 23.5 Å². The standard InChI is InChI=1S/C19H17ClN2O3S2/c20-15-5-3-13(4-6-15)10-21-17(23)18(24)22-12-19(25,14-7-9-26-11-14)16-2-1-8-27-16/h1-9,11,25H,10,12H2,(H,21,23)(H,22,24). The van der Waals surface area contributed by atoms with Gasteiger partial charge in [-0.2, -0.15) is 11.3 Å². The highest BCUT2D eigenvalue weighted by Gasteiger charge is 2.34. The monoisotopic (exact) mass is 420 g/mol. The van der Waals surface area contributed by atoms with Gasteiger partial charge in [0.1, 0.15) is 5.60 Å². The Morgan fingerprint density at radius 1 is 1.04 bits per heavy atom. The van der Waals surface area contributed by atoms with Gasteiger partial charge in [0.15, 0.2) is 0 Å². The van der Waals surface area contributed by atoms with Crippen molar-refractivity contribution in [2.45, 2.75) is 12.1 Å². The highest BCUT2D eigenvalue weighted by atomic mass is 35.5. The molecule has 0 spiro atoms. The third kappa shape index (κ3) is 4.75. The number of nitrogens with one attached hydrogen (secondary N) is 2. The van der Waals surface area contributed by atoms with Crippen molar-refractivity contribution in [3.05, 3.63) is 79.6 Å². The second-order valence-corrected chi connectivity index (χ2v) is 8.01. The van der Waals surface area contributed by atoms with Gasteiger partial charge in [0.25, 0.3) is 0 Å². The summed E-state index contributed by atoms with van der Waals surface area (Å²) < 4.78 is 0. The third-order valence-electron chi connectivity index (χ3n) is 4.00. The molecule has 0 fully saturated rings. The van der Waals surface area contributed by atoms with Gasteiger partial charge >= 0.3 is 11.8 Å². The van der Waals surface area contributed by atoms with Crippen LogP contribution in [0, 0.1) is 0 Å². The van der Waals surface area contributed by atoms with Gasteiger partial charge in [0.05, 0.1) is 6.54 Å². The molecule has 0 aliphatic carbocycles.